The molecule has 0 fully saturated rings. The Bertz CT molecular complexity index is 531. The van der Waals surface area contributed by atoms with E-state index in [9.17, 15) is 9.59 Å². The molecule has 0 aliphatic rings. The van der Waals surface area contributed by atoms with Gasteiger partial charge in [-0.25, -0.2) is 4.79 Å². The molecule has 0 aromatic heterocycles. The predicted molar refractivity (Wildman–Crippen MR) is 105 cm³/mol. The molecular weight excluding hydrogens is 312 g/mol. The van der Waals surface area contributed by atoms with Gasteiger partial charge in [-0.2, -0.15) is 0 Å². The molecule has 0 saturated heterocycles. The molecular formula is C22H30O3. The summed E-state index contributed by atoms with van der Waals surface area (Å²) >= 11 is 0. The number of hydrogen-bond donors (Lipinski definition) is 1. The first kappa shape index (κ1) is 22.6. The van der Waals surface area contributed by atoms with Crippen LogP contribution in [0.25, 0.3) is 0 Å². The maximum absolute atomic E-state index is 11.6. The van der Waals surface area contributed by atoms with Gasteiger partial charge in [0.15, 0.2) is 0 Å². The van der Waals surface area contributed by atoms with Crippen molar-refractivity contribution in [2.24, 2.45) is 0 Å². The molecule has 0 aliphatic heterocycles. The third-order valence-electron chi connectivity index (χ3n) is 3.26. The monoisotopic (exact) mass is 342 g/mol. The summed E-state index contributed by atoms with van der Waals surface area (Å²) < 4.78 is 0. The number of rotatable bonds is 14. The van der Waals surface area contributed by atoms with Crippen LogP contribution in [0.1, 0.15) is 51.9 Å². The second kappa shape index (κ2) is 17.9. The van der Waals surface area contributed by atoms with Gasteiger partial charge in [0.1, 0.15) is 5.78 Å². The standard InChI is InChI=1S/C22H30O3/c1-2-3-15-18-21(23)19-16-13-11-9-7-5-4-6-8-10-12-14-17-20-22(24)25/h4-12,14,17,20H,2-3,13,15-16,18-19H2,1H3,(H,24,25). The molecule has 0 heterocycles. The van der Waals surface area contributed by atoms with E-state index in [1.807, 2.05) is 42.5 Å². The van der Waals surface area contributed by atoms with Gasteiger partial charge in [0.25, 0.3) is 0 Å². The SMILES string of the molecule is CCCCCC(=O)CCCC=CC=CC=CC=CC=CC=CC(=O)O. The van der Waals surface area contributed by atoms with Gasteiger partial charge < -0.3 is 5.11 Å². The predicted octanol–water partition coefficient (Wildman–Crippen LogP) is 5.73. The Morgan fingerprint density at radius 3 is 1.80 bits per heavy atom. The van der Waals surface area contributed by atoms with Crippen LogP contribution in [-0.4, -0.2) is 16.9 Å². The summed E-state index contributed by atoms with van der Waals surface area (Å²) in [6, 6.07) is 0. The molecule has 0 aliphatic carbocycles. The summed E-state index contributed by atoms with van der Waals surface area (Å²) in [6.45, 7) is 2.15. The number of carbonyl (C=O) groups is 2. The molecule has 1 N–H and O–H groups in total. The fraction of sp³-hybridized carbons (Fsp3) is 0.364. The number of carbonyl (C=O) groups excluding carboxylic acids is 1. The Morgan fingerprint density at radius 2 is 1.24 bits per heavy atom. The zero-order valence-corrected chi connectivity index (χ0v) is 15.1. The molecule has 136 valence electrons. The highest BCUT2D eigenvalue weighted by Gasteiger charge is 1.99. The van der Waals surface area contributed by atoms with Crippen molar-refractivity contribution < 1.29 is 14.7 Å². The number of ketones is 1. The van der Waals surface area contributed by atoms with Gasteiger partial charge >= 0.3 is 5.97 Å². The highest BCUT2D eigenvalue weighted by Crippen LogP contribution is 2.05. The summed E-state index contributed by atoms with van der Waals surface area (Å²) in [4.78, 5) is 21.8. The summed E-state index contributed by atoms with van der Waals surface area (Å²) in [7, 11) is 0. The summed E-state index contributed by atoms with van der Waals surface area (Å²) in [6.07, 6.45) is 28.1. The lowest BCUT2D eigenvalue weighted by Gasteiger charge is -1.98. The van der Waals surface area contributed by atoms with Crippen molar-refractivity contribution >= 4 is 11.8 Å². The minimum atomic E-state index is -0.953. The Kier molecular flexibility index (Phi) is 16.2. The van der Waals surface area contributed by atoms with E-state index in [1.54, 1.807) is 12.2 Å². The molecule has 0 aromatic carbocycles. The van der Waals surface area contributed by atoms with Gasteiger partial charge in [0, 0.05) is 18.9 Å². The fourth-order valence-electron chi connectivity index (χ4n) is 1.94. The Morgan fingerprint density at radius 1 is 0.720 bits per heavy atom. The molecule has 0 saturated carbocycles. The van der Waals surface area contributed by atoms with Crippen LogP contribution in [0.2, 0.25) is 0 Å². The Hall–Kier alpha value is -2.42. The van der Waals surface area contributed by atoms with Gasteiger partial charge in [-0.05, 0) is 19.3 Å². The van der Waals surface area contributed by atoms with Gasteiger partial charge in [0.2, 0.25) is 0 Å². The molecule has 25 heavy (non-hydrogen) atoms. The van der Waals surface area contributed by atoms with E-state index in [0.717, 1.165) is 44.6 Å². The fourth-order valence-corrected chi connectivity index (χ4v) is 1.94. The zero-order chi connectivity index (χ0) is 18.6. The van der Waals surface area contributed by atoms with Crippen molar-refractivity contribution in [1.82, 2.24) is 0 Å². The van der Waals surface area contributed by atoms with Crippen molar-refractivity contribution in [2.45, 2.75) is 51.9 Å². The van der Waals surface area contributed by atoms with E-state index in [1.165, 1.54) is 6.08 Å². The van der Waals surface area contributed by atoms with Crippen LogP contribution in [0.5, 0.6) is 0 Å². The Labute approximate surface area is 151 Å². The maximum atomic E-state index is 11.6. The molecule has 0 aromatic rings. The normalized spacial score (nSPS) is 12.8. The Balaban J connectivity index is 3.71. The summed E-state index contributed by atoms with van der Waals surface area (Å²) in [5.41, 5.74) is 0. The van der Waals surface area contributed by atoms with Gasteiger partial charge in [0.05, 0.1) is 0 Å². The first-order valence-electron chi connectivity index (χ1n) is 8.91. The molecule has 0 unspecified atom stereocenters. The first-order valence-corrected chi connectivity index (χ1v) is 8.91. The molecule has 0 rings (SSSR count). The minimum absolute atomic E-state index is 0.389. The van der Waals surface area contributed by atoms with Crippen LogP contribution < -0.4 is 0 Å². The molecule has 0 spiro atoms. The van der Waals surface area contributed by atoms with Crippen LogP contribution >= 0.6 is 0 Å². The van der Waals surface area contributed by atoms with E-state index in [0.29, 0.717) is 12.2 Å². The number of carboxylic acids is 1. The van der Waals surface area contributed by atoms with E-state index >= 15 is 0 Å². The van der Waals surface area contributed by atoms with E-state index in [2.05, 4.69) is 13.0 Å². The lowest BCUT2D eigenvalue weighted by molar-refractivity contribution is -0.131. The van der Waals surface area contributed by atoms with Crippen LogP contribution in [-0.2, 0) is 9.59 Å². The van der Waals surface area contributed by atoms with Gasteiger partial charge in [-0.3, -0.25) is 4.79 Å². The highest BCUT2D eigenvalue weighted by atomic mass is 16.4. The van der Waals surface area contributed by atoms with Crippen molar-refractivity contribution in [2.75, 3.05) is 0 Å². The molecule has 3 heteroatoms. The van der Waals surface area contributed by atoms with Crippen molar-refractivity contribution in [1.29, 1.82) is 0 Å². The van der Waals surface area contributed by atoms with E-state index < -0.39 is 5.97 Å². The minimum Gasteiger partial charge on any atom is -0.478 e. The molecule has 3 nitrogen and oxygen atoms in total. The average molecular weight is 342 g/mol. The van der Waals surface area contributed by atoms with Crippen molar-refractivity contribution in [3.8, 4) is 0 Å². The molecule has 0 bridgehead atoms. The smallest absolute Gasteiger partial charge is 0.328 e. The lowest BCUT2D eigenvalue weighted by atomic mass is 10.1. The number of unbranched alkanes of at least 4 members (excludes halogenated alkanes) is 3. The highest BCUT2D eigenvalue weighted by molar-refractivity contribution is 5.80. The number of aliphatic carboxylic acids is 1. The third-order valence-corrected chi connectivity index (χ3v) is 3.26. The van der Waals surface area contributed by atoms with E-state index in [-0.39, 0.29) is 0 Å². The number of hydrogen-bond acceptors (Lipinski definition) is 2. The molecule has 0 amide bonds. The van der Waals surface area contributed by atoms with E-state index in [4.69, 9.17) is 5.11 Å². The van der Waals surface area contributed by atoms with Crippen LogP contribution in [0, 0.1) is 0 Å². The van der Waals surface area contributed by atoms with Gasteiger partial charge in [-0.1, -0.05) is 86.6 Å². The zero-order valence-electron chi connectivity index (χ0n) is 15.1. The number of Topliss-reactive ketones (excluding diaryl/α,β-unsaturated/α-hetero) is 1. The van der Waals surface area contributed by atoms with Crippen LogP contribution in [0.3, 0.4) is 0 Å². The first-order chi connectivity index (χ1) is 12.2. The largest absolute Gasteiger partial charge is 0.478 e. The second-order valence-corrected chi connectivity index (χ2v) is 5.55. The van der Waals surface area contributed by atoms with Crippen molar-refractivity contribution in [3.05, 3.63) is 72.9 Å². The van der Waals surface area contributed by atoms with Crippen LogP contribution in [0.15, 0.2) is 72.9 Å². The number of carboxylic acid groups (broad SMARTS) is 1. The molecule has 0 radical (unpaired) electrons. The average Bonchev–Trinajstić information content (AvgIpc) is 2.58. The second-order valence-electron chi connectivity index (χ2n) is 5.55. The van der Waals surface area contributed by atoms with Crippen molar-refractivity contribution in [3.63, 3.8) is 0 Å². The summed E-state index contributed by atoms with van der Waals surface area (Å²) in [5, 5.41) is 8.39. The van der Waals surface area contributed by atoms with Crippen LogP contribution in [0.4, 0.5) is 0 Å². The quantitative estimate of drug-likeness (QED) is 0.249. The van der Waals surface area contributed by atoms with Gasteiger partial charge in [-0.15, -0.1) is 0 Å². The maximum Gasteiger partial charge on any atom is 0.328 e. The summed E-state index contributed by atoms with van der Waals surface area (Å²) in [5.74, 6) is -0.565. The third kappa shape index (κ3) is 19.5. The molecule has 0 atom stereocenters. The lowest BCUT2D eigenvalue weighted by Crippen LogP contribution is -1.96. The number of allylic oxidation sites excluding steroid dienone is 11. The topological polar surface area (TPSA) is 54.4 Å².